The summed E-state index contributed by atoms with van der Waals surface area (Å²) in [6.07, 6.45) is 8.17. The minimum Gasteiger partial charge on any atom is -0.413 e. The summed E-state index contributed by atoms with van der Waals surface area (Å²) in [5.74, 6) is 2.99. The number of rotatable bonds is 8. The summed E-state index contributed by atoms with van der Waals surface area (Å²) in [6.45, 7) is 28.9. The highest BCUT2D eigenvalue weighted by atomic mass is 28.4. The maximum Gasteiger partial charge on any atom is 0.192 e. The van der Waals surface area contributed by atoms with Crippen LogP contribution in [0.2, 0.25) is 36.3 Å². The van der Waals surface area contributed by atoms with Crippen LogP contribution in [0, 0.1) is 18.3 Å². The second-order valence-electron chi connectivity index (χ2n) is 10.3. The lowest BCUT2D eigenvalue weighted by Crippen LogP contribution is -2.50. The first kappa shape index (κ1) is 24.7. The van der Waals surface area contributed by atoms with Crippen LogP contribution in [-0.4, -0.2) is 28.8 Å². The van der Waals surface area contributed by atoms with Crippen molar-refractivity contribution in [3.05, 3.63) is 12.7 Å². The van der Waals surface area contributed by atoms with Gasteiger partial charge in [0.15, 0.2) is 16.6 Å². The van der Waals surface area contributed by atoms with Crippen molar-refractivity contribution in [3.8, 4) is 12.3 Å². The third-order valence-corrected chi connectivity index (χ3v) is 15.1. The van der Waals surface area contributed by atoms with Crippen molar-refractivity contribution in [2.45, 2.75) is 103 Å². The van der Waals surface area contributed by atoms with Crippen molar-refractivity contribution >= 4 is 16.6 Å². The minimum atomic E-state index is -1.90. The van der Waals surface area contributed by atoms with Crippen molar-refractivity contribution in [1.29, 1.82) is 0 Å². The van der Waals surface area contributed by atoms with Gasteiger partial charge < -0.3 is 8.85 Å². The zero-order valence-corrected chi connectivity index (χ0v) is 20.6. The van der Waals surface area contributed by atoms with Crippen LogP contribution in [0.5, 0.6) is 0 Å². The van der Waals surface area contributed by atoms with Gasteiger partial charge in [-0.05, 0) is 36.3 Å². The molecular weight excluding hydrogens is 340 g/mol. The van der Waals surface area contributed by atoms with Gasteiger partial charge in [-0.2, -0.15) is 0 Å². The van der Waals surface area contributed by atoms with Gasteiger partial charge in [-0.3, -0.25) is 0 Å². The molecule has 0 heterocycles. The average molecular weight is 383 g/mol. The molecule has 0 aliphatic heterocycles. The van der Waals surface area contributed by atoms with Gasteiger partial charge in [-0.15, -0.1) is 18.9 Å². The minimum absolute atomic E-state index is 0.00124. The first-order valence-corrected chi connectivity index (χ1v) is 15.2. The normalized spacial score (nSPS) is 17.5. The highest BCUT2D eigenvalue weighted by Crippen LogP contribution is 2.41. The Morgan fingerprint density at radius 2 is 1.36 bits per heavy atom. The van der Waals surface area contributed by atoms with E-state index in [0.29, 0.717) is 6.42 Å². The van der Waals surface area contributed by atoms with Crippen molar-refractivity contribution < 1.29 is 8.85 Å². The first-order chi connectivity index (χ1) is 11.0. The maximum absolute atomic E-state index is 6.67. The molecule has 0 N–H and O–H groups in total. The summed E-state index contributed by atoms with van der Waals surface area (Å²) < 4.78 is 13.3. The van der Waals surface area contributed by atoms with E-state index in [1.807, 2.05) is 6.08 Å². The molecule has 0 bridgehead atoms. The van der Waals surface area contributed by atoms with E-state index in [1.165, 1.54) is 0 Å². The van der Waals surface area contributed by atoms with Gasteiger partial charge in [0, 0.05) is 12.3 Å². The molecule has 4 heteroatoms. The molecule has 0 aromatic heterocycles. The molecule has 146 valence electrons. The lowest BCUT2D eigenvalue weighted by molar-refractivity contribution is 0.0604. The van der Waals surface area contributed by atoms with Crippen molar-refractivity contribution in [2.75, 3.05) is 0 Å². The van der Waals surface area contributed by atoms with Gasteiger partial charge in [-0.25, -0.2) is 0 Å². The van der Waals surface area contributed by atoms with E-state index in [1.54, 1.807) is 0 Å². The maximum atomic E-state index is 6.67. The molecule has 0 radical (unpaired) electrons. The van der Waals surface area contributed by atoms with E-state index in [9.17, 15) is 0 Å². The molecule has 0 amide bonds. The topological polar surface area (TPSA) is 18.5 Å². The summed E-state index contributed by atoms with van der Waals surface area (Å²) >= 11 is 0. The third kappa shape index (κ3) is 6.71. The van der Waals surface area contributed by atoms with Crippen LogP contribution in [0.25, 0.3) is 0 Å². The lowest BCUT2D eigenvalue weighted by atomic mass is 9.96. The number of hydrogen-bond donors (Lipinski definition) is 0. The Bertz CT molecular complexity index is 476. The summed E-state index contributed by atoms with van der Waals surface area (Å²) in [4.78, 5) is 0. The SMILES string of the molecule is C#CC[C@H](O[Si](C)(C)C(C)(C)C)[C@@H](C)[C@@H](C=C)O[Si](C)(C)C(C)(C)C. The van der Waals surface area contributed by atoms with Crippen LogP contribution in [-0.2, 0) is 8.85 Å². The van der Waals surface area contributed by atoms with Gasteiger partial charge in [-0.1, -0.05) is 54.5 Å². The molecule has 0 aliphatic rings. The fourth-order valence-corrected chi connectivity index (χ4v) is 4.86. The molecule has 2 nitrogen and oxygen atoms in total. The van der Waals surface area contributed by atoms with E-state index in [0.717, 1.165) is 0 Å². The van der Waals surface area contributed by atoms with Crippen LogP contribution in [0.4, 0.5) is 0 Å². The van der Waals surface area contributed by atoms with Crippen LogP contribution in [0.1, 0.15) is 54.9 Å². The van der Waals surface area contributed by atoms with E-state index < -0.39 is 16.6 Å². The molecule has 3 atom stereocenters. The van der Waals surface area contributed by atoms with Crippen molar-refractivity contribution in [1.82, 2.24) is 0 Å². The van der Waals surface area contributed by atoms with Crippen LogP contribution < -0.4 is 0 Å². The number of hydrogen-bond acceptors (Lipinski definition) is 2. The van der Waals surface area contributed by atoms with Gasteiger partial charge >= 0.3 is 0 Å². The van der Waals surface area contributed by atoms with E-state index in [4.69, 9.17) is 15.3 Å². The third-order valence-electron chi connectivity index (χ3n) is 6.15. The molecule has 0 saturated heterocycles. The Balaban J connectivity index is 5.47. The van der Waals surface area contributed by atoms with Crippen molar-refractivity contribution in [3.63, 3.8) is 0 Å². The number of terminal acetylenes is 1. The standard InChI is InChI=1S/C21H42O2Si2/c1-14-16-19(23-25(12,13)21(7,8)9)17(3)18(15-2)22-24(10,11)20(4,5)6/h1,15,17-19H,2,16H2,3-13H3/t17-,18+,19-/m0/s1. The molecule has 0 unspecified atom stereocenters. The smallest absolute Gasteiger partial charge is 0.192 e. The largest absolute Gasteiger partial charge is 0.413 e. The van der Waals surface area contributed by atoms with E-state index >= 15 is 0 Å². The monoisotopic (exact) mass is 382 g/mol. The second-order valence-corrected chi connectivity index (χ2v) is 19.8. The average Bonchev–Trinajstić information content (AvgIpc) is 2.40. The highest BCUT2D eigenvalue weighted by Gasteiger charge is 2.43. The predicted octanol–water partition coefficient (Wildman–Crippen LogP) is 6.61. The van der Waals surface area contributed by atoms with E-state index in [2.05, 4.69) is 87.2 Å². The molecule has 0 fully saturated rings. The van der Waals surface area contributed by atoms with Gasteiger partial charge in [0.2, 0.25) is 0 Å². The molecule has 25 heavy (non-hydrogen) atoms. The quantitative estimate of drug-likeness (QED) is 0.267. The van der Waals surface area contributed by atoms with Crippen LogP contribution in [0.15, 0.2) is 12.7 Å². The van der Waals surface area contributed by atoms with E-state index in [-0.39, 0.29) is 28.2 Å². The second kappa shape index (κ2) is 8.56. The summed E-state index contributed by atoms with van der Waals surface area (Å²) in [7, 11) is -3.78. The summed E-state index contributed by atoms with van der Waals surface area (Å²) in [5.41, 5.74) is 0. The Labute approximate surface area is 160 Å². The molecular formula is C21H42O2Si2. The summed E-state index contributed by atoms with van der Waals surface area (Å²) in [5, 5.41) is 0.319. The van der Waals surface area contributed by atoms with Crippen LogP contribution in [0.3, 0.4) is 0 Å². The fourth-order valence-electron chi connectivity index (χ4n) is 2.10. The molecule has 0 rings (SSSR count). The Morgan fingerprint density at radius 1 is 0.960 bits per heavy atom. The Hall–Kier alpha value is -0.346. The molecule has 0 saturated carbocycles. The van der Waals surface area contributed by atoms with Crippen LogP contribution >= 0.6 is 0 Å². The molecule has 0 aromatic carbocycles. The highest BCUT2D eigenvalue weighted by molar-refractivity contribution is 6.74. The molecule has 0 spiro atoms. The van der Waals surface area contributed by atoms with Crippen molar-refractivity contribution in [2.24, 2.45) is 5.92 Å². The zero-order valence-electron chi connectivity index (χ0n) is 18.6. The van der Waals surface area contributed by atoms with Gasteiger partial charge in [0.05, 0.1) is 12.2 Å². The summed E-state index contributed by atoms with van der Waals surface area (Å²) in [6, 6.07) is 0. The first-order valence-electron chi connectivity index (χ1n) is 9.42. The van der Waals surface area contributed by atoms with Gasteiger partial charge in [0.25, 0.3) is 0 Å². The molecule has 0 aliphatic carbocycles. The lowest BCUT2D eigenvalue weighted by Gasteiger charge is -2.44. The zero-order chi connectivity index (χ0) is 20.3. The Morgan fingerprint density at radius 3 is 1.68 bits per heavy atom. The predicted molar refractivity (Wildman–Crippen MR) is 117 cm³/mol. The Kier molecular flexibility index (Phi) is 8.44. The fraction of sp³-hybridized carbons (Fsp3) is 0.810. The molecule has 0 aromatic rings. The van der Waals surface area contributed by atoms with Gasteiger partial charge in [0.1, 0.15) is 0 Å².